The SMILES string of the molecule is CCN(CC)c1ccc(/C=C/c2oc3ccccc3[n+]2CC)c(OC)c1. The molecule has 0 fully saturated rings. The van der Waals surface area contributed by atoms with E-state index >= 15 is 0 Å². The van der Waals surface area contributed by atoms with Gasteiger partial charge < -0.3 is 14.1 Å². The normalized spacial score (nSPS) is 11.4. The van der Waals surface area contributed by atoms with E-state index in [2.05, 4.69) is 60.6 Å². The smallest absolute Gasteiger partial charge is 0.374 e. The molecule has 0 N–H and O–H groups in total. The molecule has 0 atom stereocenters. The number of aryl methyl sites for hydroxylation is 1. The number of rotatable bonds is 7. The summed E-state index contributed by atoms with van der Waals surface area (Å²) in [5.74, 6) is 1.70. The van der Waals surface area contributed by atoms with Gasteiger partial charge in [0, 0.05) is 36.5 Å². The summed E-state index contributed by atoms with van der Waals surface area (Å²) in [4.78, 5) is 2.31. The lowest BCUT2D eigenvalue weighted by molar-refractivity contribution is -0.674. The van der Waals surface area contributed by atoms with Gasteiger partial charge in [-0.1, -0.05) is 12.1 Å². The zero-order valence-electron chi connectivity index (χ0n) is 16.0. The number of nitrogens with zero attached hydrogens (tertiary/aromatic N) is 2. The lowest BCUT2D eigenvalue weighted by atomic mass is 10.1. The highest BCUT2D eigenvalue weighted by Crippen LogP contribution is 2.27. The average Bonchev–Trinajstić information content (AvgIpc) is 3.05. The maximum atomic E-state index is 6.01. The number of ether oxygens (including phenoxy) is 1. The first-order chi connectivity index (χ1) is 12.7. The highest BCUT2D eigenvalue weighted by atomic mass is 16.5. The molecule has 4 nitrogen and oxygen atoms in total. The predicted octanol–water partition coefficient (Wildman–Crippen LogP) is 4.77. The number of benzene rings is 2. The Morgan fingerprint density at radius 3 is 2.50 bits per heavy atom. The number of aromatic nitrogens is 1. The minimum Gasteiger partial charge on any atom is -0.496 e. The summed E-state index contributed by atoms with van der Waals surface area (Å²) in [5, 5.41) is 0. The first-order valence-electron chi connectivity index (χ1n) is 9.24. The van der Waals surface area contributed by atoms with Gasteiger partial charge in [-0.25, -0.2) is 0 Å². The van der Waals surface area contributed by atoms with Crippen LogP contribution in [-0.4, -0.2) is 20.2 Å². The van der Waals surface area contributed by atoms with Gasteiger partial charge in [-0.2, -0.15) is 4.57 Å². The Morgan fingerprint density at radius 2 is 1.81 bits per heavy atom. The van der Waals surface area contributed by atoms with Crippen molar-refractivity contribution in [3.05, 3.63) is 53.9 Å². The standard InChI is InChI=1S/C22H27N2O2/c1-5-23(6-2)18-14-12-17(21(16-18)25-4)13-15-22-24(7-3)19-10-8-9-11-20(19)26-22/h8-16H,5-7H2,1-4H3/q+1. The van der Waals surface area contributed by atoms with Crippen molar-refractivity contribution in [3.8, 4) is 5.75 Å². The van der Waals surface area contributed by atoms with Crippen LogP contribution in [0.15, 0.2) is 46.9 Å². The summed E-state index contributed by atoms with van der Waals surface area (Å²) >= 11 is 0. The molecule has 0 spiro atoms. The molecule has 1 aromatic heterocycles. The first-order valence-corrected chi connectivity index (χ1v) is 9.24. The fourth-order valence-electron chi connectivity index (χ4n) is 3.29. The third-order valence-electron chi connectivity index (χ3n) is 4.70. The molecule has 0 bridgehead atoms. The van der Waals surface area contributed by atoms with Gasteiger partial charge in [-0.3, -0.25) is 0 Å². The summed E-state index contributed by atoms with van der Waals surface area (Å²) in [6.45, 7) is 9.26. The minimum absolute atomic E-state index is 0.837. The summed E-state index contributed by atoms with van der Waals surface area (Å²) in [6.07, 6.45) is 4.06. The number of para-hydroxylation sites is 2. The van der Waals surface area contributed by atoms with Crippen molar-refractivity contribution < 1.29 is 13.7 Å². The quantitative estimate of drug-likeness (QED) is 0.575. The zero-order valence-corrected chi connectivity index (χ0v) is 16.0. The highest BCUT2D eigenvalue weighted by Gasteiger charge is 2.18. The van der Waals surface area contributed by atoms with Crippen molar-refractivity contribution in [3.63, 3.8) is 0 Å². The summed E-state index contributed by atoms with van der Waals surface area (Å²) in [5.41, 5.74) is 4.22. The molecule has 4 heteroatoms. The molecule has 0 saturated heterocycles. The maximum absolute atomic E-state index is 6.01. The first kappa shape index (κ1) is 18.1. The van der Waals surface area contributed by atoms with Crippen LogP contribution in [-0.2, 0) is 6.54 Å². The van der Waals surface area contributed by atoms with Crippen LogP contribution in [0.3, 0.4) is 0 Å². The second-order valence-electron chi connectivity index (χ2n) is 6.08. The molecule has 0 aliphatic rings. The number of hydrogen-bond acceptors (Lipinski definition) is 3. The largest absolute Gasteiger partial charge is 0.496 e. The van der Waals surface area contributed by atoms with Crippen LogP contribution in [0.25, 0.3) is 23.3 Å². The van der Waals surface area contributed by atoms with E-state index in [0.29, 0.717) is 0 Å². The molecule has 0 aliphatic carbocycles. The van der Waals surface area contributed by atoms with Crippen LogP contribution in [0.1, 0.15) is 32.2 Å². The van der Waals surface area contributed by atoms with Gasteiger partial charge in [0.2, 0.25) is 5.58 Å². The van der Waals surface area contributed by atoms with E-state index in [4.69, 9.17) is 9.15 Å². The van der Waals surface area contributed by atoms with Crippen LogP contribution in [0, 0.1) is 0 Å². The Kier molecular flexibility index (Phi) is 5.61. The molecular formula is C22H27N2O2+. The molecule has 0 unspecified atom stereocenters. The van der Waals surface area contributed by atoms with Gasteiger partial charge >= 0.3 is 5.89 Å². The van der Waals surface area contributed by atoms with E-state index in [1.807, 2.05) is 24.3 Å². The number of methoxy groups -OCH3 is 1. The van der Waals surface area contributed by atoms with Crippen LogP contribution >= 0.6 is 0 Å². The van der Waals surface area contributed by atoms with Crippen LogP contribution < -0.4 is 14.2 Å². The average molecular weight is 351 g/mol. The van der Waals surface area contributed by atoms with E-state index in [-0.39, 0.29) is 0 Å². The van der Waals surface area contributed by atoms with Crippen molar-refractivity contribution in [2.45, 2.75) is 27.3 Å². The Bertz CT molecular complexity index is 908. The molecule has 0 aliphatic heterocycles. The van der Waals surface area contributed by atoms with Crippen LogP contribution in [0.2, 0.25) is 0 Å². The van der Waals surface area contributed by atoms with Gasteiger partial charge in [-0.05, 0) is 45.0 Å². The van der Waals surface area contributed by atoms with Crippen molar-refractivity contribution in [1.29, 1.82) is 0 Å². The Labute approximate surface area is 155 Å². The molecule has 3 rings (SSSR count). The zero-order chi connectivity index (χ0) is 18.5. The van der Waals surface area contributed by atoms with Crippen molar-refractivity contribution in [2.24, 2.45) is 0 Å². The van der Waals surface area contributed by atoms with E-state index < -0.39 is 0 Å². The molecular weight excluding hydrogens is 324 g/mol. The second kappa shape index (κ2) is 8.09. The summed E-state index contributed by atoms with van der Waals surface area (Å²) in [6, 6.07) is 14.4. The third-order valence-corrected chi connectivity index (χ3v) is 4.70. The number of hydrogen-bond donors (Lipinski definition) is 0. The predicted molar refractivity (Wildman–Crippen MR) is 108 cm³/mol. The number of oxazole rings is 1. The van der Waals surface area contributed by atoms with Gasteiger partial charge in [0.1, 0.15) is 12.3 Å². The van der Waals surface area contributed by atoms with Crippen molar-refractivity contribution in [1.82, 2.24) is 0 Å². The maximum Gasteiger partial charge on any atom is 0.374 e. The summed E-state index contributed by atoms with van der Waals surface area (Å²) < 4.78 is 13.8. The van der Waals surface area contributed by atoms with Gasteiger partial charge in [0.05, 0.1) is 13.2 Å². The van der Waals surface area contributed by atoms with Crippen LogP contribution in [0.5, 0.6) is 5.75 Å². The highest BCUT2D eigenvalue weighted by molar-refractivity contribution is 5.74. The number of anilines is 1. The van der Waals surface area contributed by atoms with E-state index in [0.717, 1.165) is 47.9 Å². The van der Waals surface area contributed by atoms with E-state index in [9.17, 15) is 0 Å². The summed E-state index contributed by atoms with van der Waals surface area (Å²) in [7, 11) is 1.71. The van der Waals surface area contributed by atoms with Gasteiger partial charge in [0.25, 0.3) is 5.52 Å². The lowest BCUT2D eigenvalue weighted by Crippen LogP contribution is -2.33. The second-order valence-corrected chi connectivity index (χ2v) is 6.08. The van der Waals surface area contributed by atoms with Gasteiger partial charge in [0.15, 0.2) is 0 Å². The minimum atomic E-state index is 0.837. The molecule has 3 aromatic rings. The molecule has 26 heavy (non-hydrogen) atoms. The number of fused-ring (bicyclic) bond motifs is 1. The van der Waals surface area contributed by atoms with E-state index in [1.165, 1.54) is 5.69 Å². The van der Waals surface area contributed by atoms with Crippen molar-refractivity contribution in [2.75, 3.05) is 25.1 Å². The molecule has 0 radical (unpaired) electrons. The lowest BCUT2D eigenvalue weighted by Gasteiger charge is -2.22. The van der Waals surface area contributed by atoms with Crippen molar-refractivity contribution >= 4 is 28.9 Å². The Balaban J connectivity index is 1.96. The fourth-order valence-corrected chi connectivity index (χ4v) is 3.29. The molecule has 0 amide bonds. The van der Waals surface area contributed by atoms with Gasteiger partial charge in [-0.15, -0.1) is 0 Å². The Hall–Kier alpha value is -2.75. The molecule has 0 saturated carbocycles. The molecule has 2 aromatic carbocycles. The third kappa shape index (κ3) is 3.45. The van der Waals surface area contributed by atoms with Crippen LogP contribution in [0.4, 0.5) is 5.69 Å². The topological polar surface area (TPSA) is 29.5 Å². The fraction of sp³-hybridized carbons (Fsp3) is 0.318. The van der Waals surface area contributed by atoms with E-state index in [1.54, 1.807) is 7.11 Å². The molecule has 1 heterocycles. The molecule has 136 valence electrons. The Morgan fingerprint density at radius 1 is 1.04 bits per heavy atom. The monoisotopic (exact) mass is 351 g/mol.